The highest BCUT2D eigenvalue weighted by Crippen LogP contribution is 2.42. The second-order valence-electron chi connectivity index (χ2n) is 4.79. The molecule has 19 heavy (non-hydrogen) atoms. The van der Waals surface area contributed by atoms with Gasteiger partial charge in [0.2, 0.25) is 0 Å². The van der Waals surface area contributed by atoms with Gasteiger partial charge in [0.1, 0.15) is 0 Å². The van der Waals surface area contributed by atoms with Crippen molar-refractivity contribution in [1.29, 1.82) is 0 Å². The average Bonchev–Trinajstić information content (AvgIpc) is 2.34. The highest BCUT2D eigenvalue weighted by molar-refractivity contribution is 5.74. The summed E-state index contributed by atoms with van der Waals surface area (Å²) in [5.74, 6) is -2.32. The number of ether oxygens (including phenoxy) is 2. The van der Waals surface area contributed by atoms with Gasteiger partial charge in [0.15, 0.2) is 23.1 Å². The van der Waals surface area contributed by atoms with Crippen LogP contribution in [0.3, 0.4) is 0 Å². The lowest BCUT2D eigenvalue weighted by Crippen LogP contribution is -2.26. The molecule has 0 spiro atoms. The maximum Gasteiger partial charge on any atom is 0.309 e. The first-order chi connectivity index (χ1) is 8.74. The number of carbonyl (C=O) groups is 1. The molecule has 0 atom stereocenters. The van der Waals surface area contributed by atoms with Crippen molar-refractivity contribution in [2.24, 2.45) is 5.41 Å². The van der Waals surface area contributed by atoms with E-state index >= 15 is 0 Å². The zero-order valence-electron chi connectivity index (χ0n) is 11.3. The van der Waals surface area contributed by atoms with Crippen molar-refractivity contribution in [3.05, 3.63) is 17.4 Å². The topological polar surface area (TPSA) is 76.0 Å². The highest BCUT2D eigenvalue weighted by Gasteiger charge is 2.32. The van der Waals surface area contributed by atoms with E-state index < -0.39 is 23.0 Å². The smallest absolute Gasteiger partial charge is 0.309 e. The maximum atomic E-state index is 13.6. The minimum Gasteiger partial charge on any atom is -0.505 e. The van der Waals surface area contributed by atoms with Gasteiger partial charge in [-0.05, 0) is 20.3 Å². The fraction of sp³-hybridized carbons (Fsp3) is 0.462. The zero-order chi connectivity index (χ0) is 14.8. The van der Waals surface area contributed by atoms with Crippen LogP contribution in [0.15, 0.2) is 6.07 Å². The molecule has 0 amide bonds. The molecule has 2 N–H and O–H groups in total. The minimum atomic E-state index is -1.18. The van der Waals surface area contributed by atoms with Crippen LogP contribution in [-0.2, 0) is 11.2 Å². The van der Waals surface area contributed by atoms with Crippen LogP contribution in [0.1, 0.15) is 19.4 Å². The van der Waals surface area contributed by atoms with Gasteiger partial charge in [0.25, 0.3) is 0 Å². The van der Waals surface area contributed by atoms with Gasteiger partial charge in [-0.15, -0.1) is 0 Å². The van der Waals surface area contributed by atoms with E-state index in [2.05, 4.69) is 0 Å². The van der Waals surface area contributed by atoms with Crippen LogP contribution < -0.4 is 9.47 Å². The molecule has 0 aliphatic rings. The number of methoxy groups -OCH3 is 2. The minimum absolute atomic E-state index is 0.0757. The predicted octanol–water partition coefficient (Wildman–Crippen LogP) is 2.20. The van der Waals surface area contributed by atoms with E-state index in [1.165, 1.54) is 28.1 Å². The van der Waals surface area contributed by atoms with Crippen LogP contribution in [0.25, 0.3) is 0 Å². The molecular weight excluding hydrogens is 255 g/mol. The molecule has 0 saturated heterocycles. The predicted molar refractivity (Wildman–Crippen MR) is 66.3 cm³/mol. The number of carboxylic acids is 1. The molecule has 0 aromatic heterocycles. The Morgan fingerprint density at radius 3 is 2.37 bits per heavy atom. The molecule has 6 heteroatoms. The largest absolute Gasteiger partial charge is 0.505 e. The number of benzene rings is 1. The van der Waals surface area contributed by atoms with Crippen molar-refractivity contribution in [2.45, 2.75) is 20.3 Å². The Kier molecular flexibility index (Phi) is 4.24. The van der Waals surface area contributed by atoms with E-state index in [1.54, 1.807) is 0 Å². The number of rotatable bonds is 5. The summed E-state index contributed by atoms with van der Waals surface area (Å²) in [6.45, 7) is 2.96. The molecule has 0 bridgehead atoms. The third-order valence-electron chi connectivity index (χ3n) is 2.89. The van der Waals surface area contributed by atoms with E-state index in [0.717, 1.165) is 6.07 Å². The Hall–Kier alpha value is -1.98. The Morgan fingerprint density at radius 2 is 1.95 bits per heavy atom. The van der Waals surface area contributed by atoms with E-state index in [1.807, 2.05) is 0 Å². The molecule has 0 fully saturated rings. The fourth-order valence-corrected chi connectivity index (χ4v) is 1.71. The summed E-state index contributed by atoms with van der Waals surface area (Å²) >= 11 is 0. The molecular formula is C13H17FO5. The second-order valence-corrected chi connectivity index (χ2v) is 4.79. The monoisotopic (exact) mass is 272 g/mol. The van der Waals surface area contributed by atoms with Crippen LogP contribution >= 0.6 is 0 Å². The van der Waals surface area contributed by atoms with Crippen molar-refractivity contribution in [2.75, 3.05) is 14.2 Å². The fourth-order valence-electron chi connectivity index (χ4n) is 1.71. The van der Waals surface area contributed by atoms with Crippen molar-refractivity contribution in [3.8, 4) is 17.2 Å². The van der Waals surface area contributed by atoms with Crippen molar-refractivity contribution in [3.63, 3.8) is 0 Å². The average molecular weight is 272 g/mol. The Bertz CT molecular complexity index is 496. The summed E-state index contributed by atoms with van der Waals surface area (Å²) in [6, 6.07) is 0.992. The normalized spacial score (nSPS) is 11.2. The first kappa shape index (κ1) is 15.1. The number of aliphatic carboxylic acids is 1. The number of hydrogen-bond acceptors (Lipinski definition) is 4. The standard InChI is InChI=1S/C13H17FO5/c1-13(2,12(16)17)6-7-10(15)8(14)5-9(18-3)11(7)19-4/h5,15H,6H2,1-4H3,(H,16,17). The molecule has 0 radical (unpaired) electrons. The third-order valence-corrected chi connectivity index (χ3v) is 2.89. The van der Waals surface area contributed by atoms with Gasteiger partial charge in [-0.25, -0.2) is 4.39 Å². The first-order valence-corrected chi connectivity index (χ1v) is 5.60. The van der Waals surface area contributed by atoms with Gasteiger partial charge in [0.05, 0.1) is 19.6 Å². The van der Waals surface area contributed by atoms with Crippen molar-refractivity contribution >= 4 is 5.97 Å². The molecule has 1 aromatic carbocycles. The third kappa shape index (κ3) is 2.89. The van der Waals surface area contributed by atoms with E-state index in [9.17, 15) is 14.3 Å². The Labute approximate surface area is 110 Å². The number of hydrogen-bond donors (Lipinski definition) is 2. The summed E-state index contributed by atoms with van der Waals surface area (Å²) in [6.07, 6.45) is -0.0918. The number of phenols is 1. The lowest BCUT2D eigenvalue weighted by Gasteiger charge is -2.22. The molecule has 0 unspecified atom stereocenters. The molecule has 0 aliphatic heterocycles. The van der Waals surface area contributed by atoms with Crippen LogP contribution in [0.2, 0.25) is 0 Å². The lowest BCUT2D eigenvalue weighted by molar-refractivity contribution is -0.146. The molecule has 0 aliphatic carbocycles. The van der Waals surface area contributed by atoms with Crippen LogP contribution in [-0.4, -0.2) is 30.4 Å². The summed E-state index contributed by atoms with van der Waals surface area (Å²) in [5, 5.41) is 18.9. The summed E-state index contributed by atoms with van der Waals surface area (Å²) in [5.41, 5.74) is -1.10. The van der Waals surface area contributed by atoms with Gasteiger partial charge >= 0.3 is 5.97 Å². The SMILES string of the molecule is COc1cc(F)c(O)c(CC(C)(C)C(=O)O)c1OC. The first-order valence-electron chi connectivity index (χ1n) is 5.60. The van der Waals surface area contributed by atoms with Gasteiger partial charge in [-0.1, -0.05) is 0 Å². The lowest BCUT2D eigenvalue weighted by atomic mass is 9.85. The van der Waals surface area contributed by atoms with Gasteiger partial charge < -0.3 is 19.7 Å². The maximum absolute atomic E-state index is 13.6. The summed E-state index contributed by atoms with van der Waals surface area (Å²) in [4.78, 5) is 11.1. The molecule has 5 nitrogen and oxygen atoms in total. The van der Waals surface area contributed by atoms with Crippen LogP contribution in [0.4, 0.5) is 4.39 Å². The van der Waals surface area contributed by atoms with Gasteiger partial charge in [0, 0.05) is 11.6 Å². The van der Waals surface area contributed by atoms with E-state index in [-0.39, 0.29) is 23.5 Å². The zero-order valence-corrected chi connectivity index (χ0v) is 11.3. The Morgan fingerprint density at radius 1 is 1.37 bits per heavy atom. The molecule has 0 heterocycles. The summed E-state index contributed by atoms with van der Waals surface area (Å²) in [7, 11) is 2.67. The van der Waals surface area contributed by atoms with Crippen LogP contribution in [0.5, 0.6) is 17.2 Å². The number of phenolic OH excluding ortho intramolecular Hbond substituents is 1. The molecule has 0 saturated carbocycles. The second kappa shape index (κ2) is 5.34. The molecule has 1 aromatic rings. The van der Waals surface area contributed by atoms with Gasteiger partial charge in [-0.2, -0.15) is 0 Å². The quantitative estimate of drug-likeness (QED) is 0.859. The highest BCUT2D eigenvalue weighted by atomic mass is 19.1. The number of aromatic hydroxyl groups is 1. The number of carboxylic acid groups (broad SMARTS) is 1. The molecule has 106 valence electrons. The van der Waals surface area contributed by atoms with Crippen molar-refractivity contribution in [1.82, 2.24) is 0 Å². The van der Waals surface area contributed by atoms with Gasteiger partial charge in [-0.3, -0.25) is 4.79 Å². The summed E-state index contributed by atoms with van der Waals surface area (Å²) < 4.78 is 23.6. The van der Waals surface area contributed by atoms with Crippen LogP contribution in [0, 0.1) is 11.2 Å². The molecule has 1 rings (SSSR count). The van der Waals surface area contributed by atoms with E-state index in [0.29, 0.717) is 0 Å². The number of halogens is 1. The van der Waals surface area contributed by atoms with Crippen molar-refractivity contribution < 1.29 is 28.9 Å². The van der Waals surface area contributed by atoms with E-state index in [4.69, 9.17) is 14.6 Å². The Balaban J connectivity index is 3.40.